The van der Waals surface area contributed by atoms with Crippen LogP contribution in [-0.4, -0.2) is 15.7 Å². The smallest absolute Gasteiger partial charge is 0.0919 e. The number of rotatable bonds is 10. The zero-order valence-corrected chi connectivity index (χ0v) is 18.4. The van der Waals surface area contributed by atoms with E-state index in [-0.39, 0.29) is 0 Å². The number of halogens is 1. The fourth-order valence-electron chi connectivity index (χ4n) is 3.55. The quantitative estimate of drug-likeness (QED) is 0.253. The molecule has 0 fully saturated rings. The summed E-state index contributed by atoms with van der Waals surface area (Å²) in [4.78, 5) is 0. The molecule has 0 saturated heterocycles. The van der Waals surface area contributed by atoms with E-state index in [1.165, 1.54) is 54.6 Å². The molecule has 1 aromatic heterocycles. The maximum atomic E-state index is 10.9. The van der Waals surface area contributed by atoms with Gasteiger partial charge in [-0.05, 0) is 24.3 Å². The molecule has 1 heterocycles. The van der Waals surface area contributed by atoms with Crippen molar-refractivity contribution in [1.82, 2.24) is 4.73 Å². The third-order valence-electron chi connectivity index (χ3n) is 4.96. The van der Waals surface area contributed by atoms with Crippen molar-refractivity contribution in [3.05, 3.63) is 58.6 Å². The van der Waals surface area contributed by atoms with Crippen LogP contribution in [0.25, 0.3) is 22.2 Å². The average molecular weight is 446 g/mol. The van der Waals surface area contributed by atoms with E-state index in [9.17, 15) is 5.21 Å². The van der Waals surface area contributed by atoms with Crippen molar-refractivity contribution in [2.75, 3.05) is 5.75 Å². The molecule has 0 amide bonds. The summed E-state index contributed by atoms with van der Waals surface area (Å²) >= 11 is 5.66. The van der Waals surface area contributed by atoms with Crippen LogP contribution in [0.4, 0.5) is 0 Å². The van der Waals surface area contributed by atoms with Gasteiger partial charge in [-0.3, -0.25) is 0 Å². The Morgan fingerprint density at radius 1 is 0.926 bits per heavy atom. The van der Waals surface area contributed by atoms with Gasteiger partial charge in [0.25, 0.3) is 0 Å². The minimum absolute atomic E-state index is 0.860. The third-order valence-corrected chi connectivity index (χ3v) is 6.69. The summed E-state index contributed by atoms with van der Waals surface area (Å²) < 4.78 is 2.40. The SMILES string of the molecule is CCCCCCCCSCc1c(-c2ccccc2)n(O)c2cccc(Br)c12. The second kappa shape index (κ2) is 10.2. The van der Waals surface area contributed by atoms with Crippen LogP contribution in [0.1, 0.15) is 51.0 Å². The maximum Gasteiger partial charge on any atom is 0.0919 e. The van der Waals surface area contributed by atoms with Crippen LogP contribution in [0, 0.1) is 0 Å². The molecule has 4 heteroatoms. The van der Waals surface area contributed by atoms with Crippen LogP contribution < -0.4 is 0 Å². The minimum Gasteiger partial charge on any atom is -0.428 e. The molecule has 2 aromatic carbocycles. The van der Waals surface area contributed by atoms with Gasteiger partial charge in [0.1, 0.15) is 0 Å². The van der Waals surface area contributed by atoms with E-state index in [4.69, 9.17) is 0 Å². The summed E-state index contributed by atoms with van der Waals surface area (Å²) in [5.41, 5.74) is 4.03. The number of hydrogen-bond donors (Lipinski definition) is 1. The Hall–Kier alpha value is -1.39. The Morgan fingerprint density at radius 3 is 2.44 bits per heavy atom. The molecule has 0 saturated carbocycles. The standard InChI is InChI=1S/C23H28BrNOS/c1-2-3-4-5-6-10-16-27-17-19-22-20(24)14-11-15-21(22)25(26)23(19)18-12-8-7-9-13-18/h7-9,11-15,26H,2-6,10,16-17H2,1H3. The van der Waals surface area contributed by atoms with Crippen molar-refractivity contribution in [2.45, 2.75) is 51.2 Å². The summed E-state index contributed by atoms with van der Waals surface area (Å²) in [6.45, 7) is 2.26. The van der Waals surface area contributed by atoms with Crippen LogP contribution >= 0.6 is 27.7 Å². The molecule has 0 spiro atoms. The predicted molar refractivity (Wildman–Crippen MR) is 122 cm³/mol. The van der Waals surface area contributed by atoms with Gasteiger partial charge in [0.2, 0.25) is 0 Å². The van der Waals surface area contributed by atoms with E-state index in [1.807, 2.05) is 42.1 Å². The first-order chi connectivity index (χ1) is 13.2. The first-order valence-corrected chi connectivity index (χ1v) is 11.8. The molecule has 0 radical (unpaired) electrons. The molecule has 0 bridgehead atoms. The Balaban J connectivity index is 1.77. The highest BCUT2D eigenvalue weighted by Crippen LogP contribution is 2.38. The lowest BCUT2D eigenvalue weighted by molar-refractivity contribution is 0.204. The normalized spacial score (nSPS) is 11.3. The van der Waals surface area contributed by atoms with Crippen molar-refractivity contribution in [2.24, 2.45) is 0 Å². The number of hydrogen-bond acceptors (Lipinski definition) is 2. The lowest BCUT2D eigenvalue weighted by Gasteiger charge is -2.08. The monoisotopic (exact) mass is 445 g/mol. The maximum absolute atomic E-state index is 10.9. The highest BCUT2D eigenvalue weighted by atomic mass is 79.9. The first kappa shape index (κ1) is 20.3. The Morgan fingerprint density at radius 2 is 1.67 bits per heavy atom. The Kier molecular flexibility index (Phi) is 7.71. The van der Waals surface area contributed by atoms with Gasteiger partial charge in [0.15, 0.2) is 0 Å². The van der Waals surface area contributed by atoms with E-state index < -0.39 is 0 Å². The summed E-state index contributed by atoms with van der Waals surface area (Å²) in [5, 5.41) is 12.0. The second-order valence-electron chi connectivity index (χ2n) is 6.96. The zero-order chi connectivity index (χ0) is 19.1. The van der Waals surface area contributed by atoms with Crippen LogP contribution in [0.5, 0.6) is 0 Å². The van der Waals surface area contributed by atoms with Crippen molar-refractivity contribution in [1.29, 1.82) is 0 Å². The molecule has 0 aliphatic rings. The molecular weight excluding hydrogens is 418 g/mol. The Bertz CT molecular complexity index is 860. The molecule has 1 N–H and O–H groups in total. The van der Waals surface area contributed by atoms with Crippen LogP contribution in [0.15, 0.2) is 53.0 Å². The number of unbranched alkanes of at least 4 members (excludes halogenated alkanes) is 5. The average Bonchev–Trinajstić information content (AvgIpc) is 2.98. The molecule has 3 rings (SSSR count). The fourth-order valence-corrected chi connectivity index (χ4v) is 5.18. The van der Waals surface area contributed by atoms with Gasteiger partial charge in [-0.25, -0.2) is 0 Å². The summed E-state index contributed by atoms with van der Waals surface area (Å²) in [6.07, 6.45) is 7.97. The molecule has 0 aliphatic heterocycles. The Labute approximate surface area is 175 Å². The molecule has 144 valence electrons. The van der Waals surface area contributed by atoms with Crippen LogP contribution in [0.3, 0.4) is 0 Å². The van der Waals surface area contributed by atoms with E-state index in [0.29, 0.717) is 0 Å². The number of fused-ring (bicyclic) bond motifs is 1. The molecular formula is C23H28BrNOS. The highest BCUT2D eigenvalue weighted by molar-refractivity contribution is 9.10. The molecule has 0 unspecified atom stereocenters. The van der Waals surface area contributed by atoms with Gasteiger partial charge in [0, 0.05) is 26.7 Å². The van der Waals surface area contributed by atoms with Crippen molar-refractivity contribution < 1.29 is 5.21 Å². The summed E-state index contributed by atoms with van der Waals surface area (Å²) in [7, 11) is 0. The summed E-state index contributed by atoms with van der Waals surface area (Å²) in [6, 6.07) is 16.2. The van der Waals surface area contributed by atoms with Gasteiger partial charge < -0.3 is 5.21 Å². The lowest BCUT2D eigenvalue weighted by Crippen LogP contribution is -1.95. The molecule has 0 aliphatic carbocycles. The summed E-state index contributed by atoms with van der Waals surface area (Å²) in [5.74, 6) is 2.08. The third kappa shape index (κ3) is 4.91. The molecule has 2 nitrogen and oxygen atoms in total. The second-order valence-corrected chi connectivity index (χ2v) is 8.92. The minimum atomic E-state index is 0.860. The van der Waals surface area contributed by atoms with Gasteiger partial charge in [-0.15, -0.1) is 0 Å². The van der Waals surface area contributed by atoms with Crippen molar-refractivity contribution in [3.8, 4) is 11.3 Å². The largest absolute Gasteiger partial charge is 0.428 e. The molecule has 3 aromatic rings. The van der Waals surface area contributed by atoms with Crippen molar-refractivity contribution in [3.63, 3.8) is 0 Å². The highest BCUT2D eigenvalue weighted by Gasteiger charge is 2.20. The van der Waals surface area contributed by atoms with Gasteiger partial charge >= 0.3 is 0 Å². The zero-order valence-electron chi connectivity index (χ0n) is 16.0. The van der Waals surface area contributed by atoms with Gasteiger partial charge in [-0.2, -0.15) is 16.5 Å². The van der Waals surface area contributed by atoms with Gasteiger partial charge in [-0.1, -0.05) is 91.4 Å². The van der Waals surface area contributed by atoms with E-state index in [1.54, 1.807) is 0 Å². The topological polar surface area (TPSA) is 25.2 Å². The predicted octanol–water partition coefficient (Wildman–Crippen LogP) is 7.90. The van der Waals surface area contributed by atoms with Crippen molar-refractivity contribution >= 4 is 38.6 Å². The lowest BCUT2D eigenvalue weighted by atomic mass is 10.1. The number of aromatic nitrogens is 1. The van der Waals surface area contributed by atoms with E-state index in [2.05, 4.69) is 41.1 Å². The van der Waals surface area contributed by atoms with Gasteiger partial charge in [0.05, 0.1) is 11.2 Å². The molecule has 27 heavy (non-hydrogen) atoms. The molecule has 0 atom stereocenters. The van der Waals surface area contributed by atoms with Crippen LogP contribution in [0.2, 0.25) is 0 Å². The number of nitrogens with zero attached hydrogens (tertiary/aromatic N) is 1. The number of thioether (sulfide) groups is 1. The van der Waals surface area contributed by atoms with E-state index >= 15 is 0 Å². The van der Waals surface area contributed by atoms with E-state index in [0.717, 1.165) is 32.4 Å². The fraction of sp³-hybridized carbons (Fsp3) is 0.391. The first-order valence-electron chi connectivity index (χ1n) is 9.88. The number of benzene rings is 2. The van der Waals surface area contributed by atoms with Crippen LogP contribution in [-0.2, 0) is 5.75 Å².